The molecule has 1 atom stereocenters. The molecule has 17 heavy (non-hydrogen) atoms. The molecule has 1 unspecified atom stereocenters. The third kappa shape index (κ3) is 4.58. The van der Waals surface area contributed by atoms with Crippen molar-refractivity contribution < 1.29 is 9.53 Å². The number of nitrogens with two attached hydrogens (primary N) is 1. The molecule has 0 aliphatic carbocycles. The van der Waals surface area contributed by atoms with Gasteiger partial charge in [0.15, 0.2) is 0 Å². The van der Waals surface area contributed by atoms with Crippen LogP contribution in [-0.4, -0.2) is 23.9 Å². The van der Waals surface area contributed by atoms with Crippen molar-refractivity contribution in [2.24, 2.45) is 5.73 Å². The van der Waals surface area contributed by atoms with Crippen molar-refractivity contribution in [1.82, 2.24) is 0 Å². The van der Waals surface area contributed by atoms with Gasteiger partial charge in [0, 0.05) is 15.7 Å². The minimum atomic E-state index is -0.983. The summed E-state index contributed by atoms with van der Waals surface area (Å²) in [6, 6.07) is 7.44. The van der Waals surface area contributed by atoms with Crippen LogP contribution in [-0.2, 0) is 9.53 Å². The molecule has 0 aliphatic rings. The third-order valence-electron chi connectivity index (χ3n) is 2.08. The Bertz CT molecular complexity index is 396. The summed E-state index contributed by atoms with van der Waals surface area (Å²) in [5.41, 5.74) is 4.92. The average molecular weight is 274 g/mol. The highest BCUT2D eigenvalue weighted by molar-refractivity contribution is 7.99. The SMILES string of the molecule is CCOC(=O)C(C)(N)CSc1cccc(Cl)c1. The van der Waals surface area contributed by atoms with E-state index in [4.69, 9.17) is 22.1 Å². The normalized spacial score (nSPS) is 14.1. The van der Waals surface area contributed by atoms with E-state index in [1.54, 1.807) is 19.9 Å². The number of carbonyl (C=O) groups is 1. The lowest BCUT2D eigenvalue weighted by Gasteiger charge is -2.21. The van der Waals surface area contributed by atoms with Crippen LogP contribution < -0.4 is 5.73 Å². The van der Waals surface area contributed by atoms with Crippen LogP contribution in [0.4, 0.5) is 0 Å². The maximum atomic E-state index is 11.6. The number of hydrogen-bond acceptors (Lipinski definition) is 4. The second-order valence-corrected chi connectivity index (χ2v) is 5.37. The molecule has 2 N–H and O–H groups in total. The van der Waals surface area contributed by atoms with Crippen molar-refractivity contribution >= 4 is 29.3 Å². The van der Waals surface area contributed by atoms with Gasteiger partial charge in [0.2, 0.25) is 0 Å². The number of hydrogen-bond donors (Lipinski definition) is 1. The molecule has 0 radical (unpaired) electrons. The van der Waals surface area contributed by atoms with Crippen LogP contribution in [0.1, 0.15) is 13.8 Å². The standard InChI is InChI=1S/C12H16ClNO2S/c1-3-16-11(15)12(2,14)8-17-10-6-4-5-9(13)7-10/h4-7H,3,8,14H2,1-2H3. The molecular formula is C12H16ClNO2S. The Morgan fingerprint density at radius 3 is 2.88 bits per heavy atom. The first-order chi connectivity index (χ1) is 7.95. The van der Waals surface area contributed by atoms with E-state index < -0.39 is 5.54 Å². The van der Waals surface area contributed by atoms with Crippen LogP contribution in [0.5, 0.6) is 0 Å². The zero-order valence-corrected chi connectivity index (χ0v) is 11.5. The number of ether oxygens (including phenoxy) is 1. The molecule has 0 bridgehead atoms. The summed E-state index contributed by atoms with van der Waals surface area (Å²) < 4.78 is 4.92. The molecule has 3 nitrogen and oxygen atoms in total. The molecule has 1 rings (SSSR count). The van der Waals surface area contributed by atoms with Gasteiger partial charge in [-0.25, -0.2) is 0 Å². The lowest BCUT2D eigenvalue weighted by molar-refractivity contribution is -0.148. The number of carbonyl (C=O) groups excluding carboxylic acids is 1. The number of rotatable bonds is 5. The molecule has 1 aromatic carbocycles. The fraction of sp³-hybridized carbons (Fsp3) is 0.417. The molecule has 0 fully saturated rings. The van der Waals surface area contributed by atoms with E-state index in [1.165, 1.54) is 11.8 Å². The minimum absolute atomic E-state index is 0.341. The summed E-state index contributed by atoms with van der Waals surface area (Å²) in [4.78, 5) is 12.6. The van der Waals surface area contributed by atoms with E-state index in [0.717, 1.165) is 4.90 Å². The molecular weight excluding hydrogens is 258 g/mol. The molecule has 0 saturated heterocycles. The van der Waals surface area contributed by atoms with Crippen molar-refractivity contribution in [3.63, 3.8) is 0 Å². The van der Waals surface area contributed by atoms with Gasteiger partial charge in [-0.15, -0.1) is 11.8 Å². The predicted octanol–water partition coefficient (Wildman–Crippen LogP) is 2.71. The van der Waals surface area contributed by atoms with E-state index >= 15 is 0 Å². The van der Waals surface area contributed by atoms with E-state index in [1.807, 2.05) is 18.2 Å². The van der Waals surface area contributed by atoms with Gasteiger partial charge in [-0.1, -0.05) is 17.7 Å². The number of benzene rings is 1. The van der Waals surface area contributed by atoms with Gasteiger partial charge in [-0.2, -0.15) is 0 Å². The average Bonchev–Trinajstić information content (AvgIpc) is 2.27. The van der Waals surface area contributed by atoms with Gasteiger partial charge in [0.05, 0.1) is 6.61 Å². The Hall–Kier alpha value is -0.710. The monoisotopic (exact) mass is 273 g/mol. The molecule has 1 aromatic rings. The highest BCUT2D eigenvalue weighted by Crippen LogP contribution is 2.24. The largest absolute Gasteiger partial charge is 0.465 e. The van der Waals surface area contributed by atoms with E-state index in [0.29, 0.717) is 17.4 Å². The number of halogens is 1. The predicted molar refractivity (Wildman–Crippen MR) is 71.4 cm³/mol. The smallest absolute Gasteiger partial charge is 0.326 e. The Morgan fingerprint density at radius 2 is 2.29 bits per heavy atom. The van der Waals surface area contributed by atoms with Crippen LogP contribution in [0, 0.1) is 0 Å². The molecule has 5 heteroatoms. The second kappa shape index (κ2) is 6.28. The minimum Gasteiger partial charge on any atom is -0.465 e. The molecule has 0 amide bonds. The lowest BCUT2D eigenvalue weighted by Crippen LogP contribution is -2.48. The Labute approximate surface area is 111 Å². The highest BCUT2D eigenvalue weighted by atomic mass is 35.5. The Balaban J connectivity index is 2.57. The third-order valence-corrected chi connectivity index (χ3v) is 3.64. The summed E-state index contributed by atoms with van der Waals surface area (Å²) in [6.45, 7) is 3.77. The fourth-order valence-corrected chi connectivity index (χ4v) is 2.37. The zero-order chi connectivity index (χ0) is 12.9. The topological polar surface area (TPSA) is 52.3 Å². The maximum Gasteiger partial charge on any atom is 0.326 e. The van der Waals surface area contributed by atoms with Crippen molar-refractivity contribution in [1.29, 1.82) is 0 Å². The van der Waals surface area contributed by atoms with Crippen LogP contribution in [0.2, 0.25) is 5.02 Å². The summed E-state index contributed by atoms with van der Waals surface area (Å²) in [6.07, 6.45) is 0. The van der Waals surface area contributed by atoms with E-state index in [-0.39, 0.29) is 5.97 Å². The summed E-state index contributed by atoms with van der Waals surface area (Å²) >= 11 is 7.36. The van der Waals surface area contributed by atoms with Gasteiger partial charge in [0.1, 0.15) is 5.54 Å². The summed E-state index contributed by atoms with van der Waals surface area (Å²) in [7, 11) is 0. The van der Waals surface area contributed by atoms with Gasteiger partial charge < -0.3 is 10.5 Å². The Morgan fingerprint density at radius 1 is 1.59 bits per heavy atom. The Kier molecular flexibility index (Phi) is 5.31. The van der Waals surface area contributed by atoms with Gasteiger partial charge in [-0.3, -0.25) is 4.79 Å². The molecule has 94 valence electrons. The quantitative estimate of drug-likeness (QED) is 0.662. The zero-order valence-electron chi connectivity index (χ0n) is 9.90. The summed E-state index contributed by atoms with van der Waals surface area (Å²) in [5.74, 6) is 0.0705. The lowest BCUT2D eigenvalue weighted by atomic mass is 10.1. The maximum absolute atomic E-state index is 11.6. The fourth-order valence-electron chi connectivity index (χ4n) is 1.14. The van der Waals surface area contributed by atoms with Crippen LogP contribution in [0.25, 0.3) is 0 Å². The van der Waals surface area contributed by atoms with Crippen LogP contribution in [0.3, 0.4) is 0 Å². The van der Waals surface area contributed by atoms with Gasteiger partial charge >= 0.3 is 5.97 Å². The van der Waals surface area contributed by atoms with Crippen molar-refractivity contribution in [3.8, 4) is 0 Å². The number of esters is 1. The molecule has 0 spiro atoms. The van der Waals surface area contributed by atoms with E-state index in [2.05, 4.69) is 0 Å². The second-order valence-electron chi connectivity index (χ2n) is 3.88. The van der Waals surface area contributed by atoms with Gasteiger partial charge in [-0.05, 0) is 32.0 Å². The van der Waals surface area contributed by atoms with Crippen molar-refractivity contribution in [3.05, 3.63) is 29.3 Å². The van der Waals surface area contributed by atoms with Gasteiger partial charge in [0.25, 0.3) is 0 Å². The molecule has 0 heterocycles. The first kappa shape index (κ1) is 14.4. The van der Waals surface area contributed by atoms with Crippen molar-refractivity contribution in [2.75, 3.05) is 12.4 Å². The first-order valence-electron chi connectivity index (χ1n) is 5.30. The van der Waals surface area contributed by atoms with Crippen LogP contribution >= 0.6 is 23.4 Å². The summed E-state index contributed by atoms with van der Waals surface area (Å²) in [5, 5.41) is 0.671. The molecule has 0 aromatic heterocycles. The van der Waals surface area contributed by atoms with Crippen molar-refractivity contribution in [2.45, 2.75) is 24.3 Å². The molecule has 0 aliphatic heterocycles. The number of thioether (sulfide) groups is 1. The first-order valence-corrected chi connectivity index (χ1v) is 6.66. The highest BCUT2D eigenvalue weighted by Gasteiger charge is 2.29. The van der Waals surface area contributed by atoms with Crippen LogP contribution in [0.15, 0.2) is 29.2 Å². The van der Waals surface area contributed by atoms with E-state index in [9.17, 15) is 4.79 Å². The molecule has 0 saturated carbocycles.